The van der Waals surface area contributed by atoms with Gasteiger partial charge in [-0.3, -0.25) is 9.69 Å². The Balaban J connectivity index is 1.47. The highest BCUT2D eigenvalue weighted by Gasteiger charge is 2.52. The first-order valence-electron chi connectivity index (χ1n) is 12.3. The van der Waals surface area contributed by atoms with E-state index in [0.717, 1.165) is 48.9 Å². The summed E-state index contributed by atoms with van der Waals surface area (Å²) in [7, 11) is 1.54. The molecule has 8 nitrogen and oxygen atoms in total. The molecule has 2 aromatic carbocycles. The molecule has 8 heteroatoms. The third-order valence-corrected chi connectivity index (χ3v) is 7.35. The summed E-state index contributed by atoms with van der Waals surface area (Å²) in [5.74, 6) is -0.969. The van der Waals surface area contributed by atoms with E-state index in [1.807, 2.05) is 59.5 Å². The summed E-state index contributed by atoms with van der Waals surface area (Å²) in [5, 5.41) is 9.25. The minimum absolute atomic E-state index is 0.0666. The fourth-order valence-electron chi connectivity index (χ4n) is 5.73. The van der Waals surface area contributed by atoms with E-state index in [4.69, 9.17) is 4.74 Å². The lowest BCUT2D eigenvalue weighted by molar-refractivity contribution is -0.137. The monoisotopic (exact) mass is 477 g/mol. The number of hydrogen-bond acceptors (Lipinski definition) is 4. The fourth-order valence-corrected chi connectivity index (χ4v) is 5.73. The quantitative estimate of drug-likeness (QED) is 0.654. The Kier molecular flexibility index (Phi) is 6.36. The summed E-state index contributed by atoms with van der Waals surface area (Å²) in [6, 6.07) is 16.9. The lowest BCUT2D eigenvalue weighted by atomic mass is 9.82. The number of likely N-dealkylation sites (N-methyl/N-ethyl adjacent to an activating group) is 1. The van der Waals surface area contributed by atoms with E-state index in [2.05, 4.69) is 0 Å². The maximum Gasteiger partial charge on any atom is 0.414 e. The van der Waals surface area contributed by atoms with E-state index in [1.165, 1.54) is 4.90 Å². The molecule has 3 atom stereocenters. The van der Waals surface area contributed by atoms with Gasteiger partial charge in [0.15, 0.2) is 0 Å². The second-order valence-electron chi connectivity index (χ2n) is 9.75. The van der Waals surface area contributed by atoms with Gasteiger partial charge in [-0.1, -0.05) is 55.0 Å². The number of carbonyl (C=O) groups excluding carboxylic acids is 2. The third kappa shape index (κ3) is 4.57. The van der Waals surface area contributed by atoms with E-state index < -0.39 is 5.97 Å². The van der Waals surface area contributed by atoms with Crippen molar-refractivity contribution in [1.29, 1.82) is 0 Å². The van der Waals surface area contributed by atoms with Crippen LogP contribution in [-0.4, -0.2) is 58.7 Å². The summed E-state index contributed by atoms with van der Waals surface area (Å²) in [5.41, 5.74) is 2.63. The van der Waals surface area contributed by atoms with Crippen LogP contribution in [0.15, 0.2) is 54.6 Å². The number of carboxylic acids is 1. The molecule has 1 heterocycles. The number of rotatable bonds is 6. The molecule has 0 radical (unpaired) electrons. The number of amides is 3. The van der Waals surface area contributed by atoms with E-state index in [-0.39, 0.29) is 49.3 Å². The predicted octanol–water partition coefficient (Wildman–Crippen LogP) is 4.65. The van der Waals surface area contributed by atoms with Gasteiger partial charge in [0.25, 0.3) is 0 Å². The number of fused-ring (bicyclic) bond motifs is 2. The van der Waals surface area contributed by atoms with Crippen LogP contribution < -0.4 is 4.90 Å². The molecule has 3 aliphatic rings. The van der Waals surface area contributed by atoms with Crippen molar-refractivity contribution in [3.63, 3.8) is 0 Å². The lowest BCUT2D eigenvalue weighted by Crippen LogP contribution is -2.55. The van der Waals surface area contributed by atoms with Gasteiger partial charge in [-0.15, -0.1) is 0 Å². The van der Waals surface area contributed by atoms with Crippen molar-refractivity contribution < 1.29 is 24.2 Å². The lowest BCUT2D eigenvalue weighted by Gasteiger charge is -2.47. The summed E-state index contributed by atoms with van der Waals surface area (Å²) in [6.07, 6.45) is 4.14. The molecule has 2 fully saturated rings. The van der Waals surface area contributed by atoms with Gasteiger partial charge < -0.3 is 19.6 Å². The van der Waals surface area contributed by atoms with Crippen molar-refractivity contribution in [3.05, 3.63) is 65.7 Å². The summed E-state index contributed by atoms with van der Waals surface area (Å²) in [4.78, 5) is 43.2. The van der Waals surface area contributed by atoms with Crippen molar-refractivity contribution in [2.75, 3.05) is 18.5 Å². The van der Waals surface area contributed by atoms with Crippen molar-refractivity contribution in [1.82, 2.24) is 9.80 Å². The van der Waals surface area contributed by atoms with Crippen LogP contribution in [-0.2, 0) is 16.1 Å². The highest BCUT2D eigenvalue weighted by Crippen LogP contribution is 2.52. The molecule has 35 heavy (non-hydrogen) atoms. The summed E-state index contributed by atoms with van der Waals surface area (Å²) in [6.45, 7) is -0.145. The second-order valence-corrected chi connectivity index (χ2v) is 9.75. The first kappa shape index (κ1) is 23.2. The van der Waals surface area contributed by atoms with E-state index in [1.54, 1.807) is 11.9 Å². The number of para-hydroxylation sites is 1. The Bertz CT molecular complexity index is 1100. The number of carboxylic acid groups (broad SMARTS) is 1. The highest BCUT2D eigenvalue weighted by atomic mass is 16.6. The predicted molar refractivity (Wildman–Crippen MR) is 130 cm³/mol. The van der Waals surface area contributed by atoms with Crippen molar-refractivity contribution in [2.45, 2.75) is 56.8 Å². The van der Waals surface area contributed by atoms with Gasteiger partial charge in [0.1, 0.15) is 13.2 Å². The maximum atomic E-state index is 13.5. The summed E-state index contributed by atoms with van der Waals surface area (Å²) >= 11 is 0. The molecule has 0 bridgehead atoms. The smallest absolute Gasteiger partial charge is 0.414 e. The molecular formula is C27H31N3O5. The molecule has 0 saturated heterocycles. The number of benzene rings is 2. The Morgan fingerprint density at radius 1 is 1.00 bits per heavy atom. The van der Waals surface area contributed by atoms with Crippen LogP contribution in [0.2, 0.25) is 0 Å². The van der Waals surface area contributed by atoms with Gasteiger partial charge in [-0.25, -0.2) is 9.59 Å². The number of hydrogen-bond donors (Lipinski definition) is 1. The van der Waals surface area contributed by atoms with Gasteiger partial charge in [0.05, 0.1) is 11.7 Å². The van der Waals surface area contributed by atoms with Crippen molar-refractivity contribution in [3.8, 4) is 0 Å². The number of nitrogens with zero attached hydrogens (tertiary/aromatic N) is 3. The van der Waals surface area contributed by atoms with E-state index in [9.17, 15) is 19.5 Å². The average molecular weight is 478 g/mol. The van der Waals surface area contributed by atoms with Crippen molar-refractivity contribution >= 4 is 23.8 Å². The topological polar surface area (TPSA) is 90.4 Å². The molecule has 1 N–H and O–H groups in total. The normalized spacial score (nSPS) is 22.7. The molecule has 2 aromatic rings. The van der Waals surface area contributed by atoms with E-state index >= 15 is 0 Å². The van der Waals surface area contributed by atoms with E-state index in [0.29, 0.717) is 0 Å². The molecular weight excluding hydrogens is 446 g/mol. The zero-order valence-electron chi connectivity index (χ0n) is 19.9. The number of ether oxygens (including phenoxy) is 1. The molecule has 184 valence electrons. The Labute approximate surface area is 205 Å². The van der Waals surface area contributed by atoms with Gasteiger partial charge in [0, 0.05) is 25.0 Å². The van der Waals surface area contributed by atoms with Gasteiger partial charge in [-0.05, 0) is 42.9 Å². The molecule has 5 rings (SSSR count). The van der Waals surface area contributed by atoms with Crippen LogP contribution in [0.1, 0.15) is 49.3 Å². The molecule has 0 spiro atoms. The van der Waals surface area contributed by atoms with Crippen LogP contribution in [0.4, 0.5) is 15.3 Å². The number of aliphatic carboxylic acids is 1. The Morgan fingerprint density at radius 3 is 2.43 bits per heavy atom. The van der Waals surface area contributed by atoms with Crippen LogP contribution in [0.5, 0.6) is 0 Å². The molecule has 2 aliphatic carbocycles. The minimum atomic E-state index is -1.04. The standard InChI is InChI=1S/C27H31N3O5/c1-28(16-24(31)32)26(33)29(19-14-15-19)25-20-10-5-6-12-22(20)30(23-13-7-11-21(23)25)27(34)35-17-18-8-3-2-4-9-18/h2-6,8-10,12,19,21,23,25H,7,11,13-17H2,1H3,(H,31,32). The molecule has 2 saturated carbocycles. The molecule has 3 amide bonds. The molecule has 0 aromatic heterocycles. The number of carbonyl (C=O) groups is 3. The third-order valence-electron chi connectivity index (χ3n) is 7.35. The number of urea groups is 1. The van der Waals surface area contributed by atoms with Crippen molar-refractivity contribution in [2.24, 2.45) is 5.92 Å². The Hall–Kier alpha value is -3.55. The zero-order chi connectivity index (χ0) is 24.5. The molecule has 1 aliphatic heterocycles. The number of anilines is 1. The second kappa shape index (κ2) is 9.60. The molecule has 3 unspecified atom stereocenters. The zero-order valence-corrected chi connectivity index (χ0v) is 19.9. The average Bonchev–Trinajstić information content (AvgIpc) is 3.58. The van der Waals surface area contributed by atoms with Crippen LogP contribution >= 0.6 is 0 Å². The summed E-state index contributed by atoms with van der Waals surface area (Å²) < 4.78 is 5.75. The fraction of sp³-hybridized carbons (Fsp3) is 0.444. The van der Waals surface area contributed by atoms with Gasteiger partial charge in [-0.2, -0.15) is 0 Å². The van der Waals surface area contributed by atoms with Crippen LogP contribution in [0, 0.1) is 5.92 Å². The van der Waals surface area contributed by atoms with Crippen LogP contribution in [0.25, 0.3) is 0 Å². The maximum absolute atomic E-state index is 13.5. The van der Waals surface area contributed by atoms with Gasteiger partial charge in [0.2, 0.25) is 0 Å². The first-order valence-corrected chi connectivity index (χ1v) is 12.3. The largest absolute Gasteiger partial charge is 0.480 e. The minimum Gasteiger partial charge on any atom is -0.480 e. The van der Waals surface area contributed by atoms with Gasteiger partial charge >= 0.3 is 18.1 Å². The van der Waals surface area contributed by atoms with Crippen LogP contribution in [0.3, 0.4) is 0 Å². The SMILES string of the molecule is CN(CC(=O)O)C(=O)N(C1CC1)C1c2ccccc2N(C(=O)OCc2ccccc2)C2CCCC21. The highest BCUT2D eigenvalue weighted by molar-refractivity contribution is 5.91. The first-order chi connectivity index (χ1) is 17.0. The Morgan fingerprint density at radius 2 is 1.71 bits per heavy atom.